The number of carbonyl (C=O) groups excluding carboxylic acids is 1. The van der Waals surface area contributed by atoms with Gasteiger partial charge in [0, 0.05) is 25.2 Å². The fourth-order valence-electron chi connectivity index (χ4n) is 3.27. The Labute approximate surface area is 126 Å². The van der Waals surface area contributed by atoms with Gasteiger partial charge in [-0.2, -0.15) is 0 Å². The third-order valence-electron chi connectivity index (χ3n) is 4.49. The standard InChI is InChI=1S/C19H22O2/c20-18-9-6-14(12-18)7-10-19(21)13-15-5-8-16-3-1-2-4-17(16)11-15/h1-5,7,10-11,14,16,19,21H,6,8-9,12-13H2/b10-7+/t14-,16?,19?/m1/s1. The van der Waals surface area contributed by atoms with Gasteiger partial charge in [0.15, 0.2) is 0 Å². The van der Waals surface area contributed by atoms with E-state index in [0.29, 0.717) is 36.9 Å². The maximum Gasteiger partial charge on any atom is 0.133 e. The second-order valence-corrected chi connectivity index (χ2v) is 6.21. The smallest absolute Gasteiger partial charge is 0.133 e. The first-order valence-electron chi connectivity index (χ1n) is 7.84. The summed E-state index contributed by atoms with van der Waals surface area (Å²) in [5.41, 5.74) is 2.55. The molecule has 0 aliphatic heterocycles. The zero-order valence-electron chi connectivity index (χ0n) is 12.2. The predicted molar refractivity (Wildman–Crippen MR) is 84.7 cm³/mol. The minimum atomic E-state index is -0.455. The number of aliphatic hydroxyl groups is 1. The van der Waals surface area contributed by atoms with Gasteiger partial charge in [-0.05, 0) is 29.9 Å². The second-order valence-electron chi connectivity index (χ2n) is 6.21. The minimum Gasteiger partial charge on any atom is -0.389 e. The maximum atomic E-state index is 11.2. The lowest BCUT2D eigenvalue weighted by molar-refractivity contribution is -0.117. The van der Waals surface area contributed by atoms with Crippen LogP contribution in [0.3, 0.4) is 0 Å². The number of ketones is 1. The van der Waals surface area contributed by atoms with Crippen molar-refractivity contribution in [2.75, 3.05) is 0 Å². The first-order chi connectivity index (χ1) is 10.2. The van der Waals surface area contributed by atoms with E-state index < -0.39 is 6.10 Å². The van der Waals surface area contributed by atoms with Crippen LogP contribution in [0.15, 0.2) is 59.8 Å². The SMILES string of the molecule is O=C1CC[C@H](/C=C/C(O)CC2=CCC3C=CC=CC3=C2)C1. The Hall–Kier alpha value is -1.67. The highest BCUT2D eigenvalue weighted by atomic mass is 16.3. The Balaban J connectivity index is 1.54. The zero-order chi connectivity index (χ0) is 14.7. The molecule has 3 rings (SSSR count). The Bertz CT molecular complexity index is 560. The topological polar surface area (TPSA) is 37.3 Å². The van der Waals surface area contributed by atoms with Crippen LogP contribution in [0.5, 0.6) is 0 Å². The lowest BCUT2D eigenvalue weighted by Crippen LogP contribution is -2.09. The highest BCUT2D eigenvalue weighted by molar-refractivity contribution is 5.80. The van der Waals surface area contributed by atoms with Crippen LogP contribution < -0.4 is 0 Å². The molecule has 0 radical (unpaired) electrons. The largest absolute Gasteiger partial charge is 0.389 e. The molecule has 110 valence electrons. The van der Waals surface area contributed by atoms with Crippen LogP contribution in [0.1, 0.15) is 32.1 Å². The molecule has 0 aromatic heterocycles. The summed E-state index contributed by atoms with van der Waals surface area (Å²) in [6.07, 6.45) is 20.4. The molecule has 2 heteroatoms. The second kappa shape index (κ2) is 6.40. The third kappa shape index (κ3) is 3.70. The molecule has 1 N–H and O–H groups in total. The lowest BCUT2D eigenvalue weighted by atomic mass is 9.84. The van der Waals surface area contributed by atoms with E-state index >= 15 is 0 Å². The van der Waals surface area contributed by atoms with Crippen molar-refractivity contribution in [3.05, 3.63) is 59.8 Å². The molecule has 1 saturated carbocycles. The minimum absolute atomic E-state index is 0.335. The fourth-order valence-corrected chi connectivity index (χ4v) is 3.27. The summed E-state index contributed by atoms with van der Waals surface area (Å²) in [5.74, 6) is 1.19. The van der Waals surface area contributed by atoms with Crippen molar-refractivity contribution >= 4 is 5.78 Å². The molecule has 3 aliphatic carbocycles. The maximum absolute atomic E-state index is 11.2. The molecule has 2 nitrogen and oxygen atoms in total. The molecule has 0 bridgehead atoms. The summed E-state index contributed by atoms with van der Waals surface area (Å²) in [7, 11) is 0. The van der Waals surface area contributed by atoms with Gasteiger partial charge in [-0.1, -0.05) is 48.6 Å². The summed E-state index contributed by atoms with van der Waals surface area (Å²) >= 11 is 0. The number of carbonyl (C=O) groups is 1. The van der Waals surface area contributed by atoms with Gasteiger partial charge in [-0.3, -0.25) is 4.79 Å². The summed E-state index contributed by atoms with van der Waals surface area (Å²) in [6.45, 7) is 0. The van der Waals surface area contributed by atoms with E-state index in [0.717, 1.165) is 12.8 Å². The average molecular weight is 282 g/mol. The Morgan fingerprint density at radius 3 is 3.10 bits per heavy atom. The number of allylic oxidation sites excluding steroid dienone is 8. The first kappa shape index (κ1) is 14.3. The Morgan fingerprint density at radius 2 is 2.29 bits per heavy atom. The van der Waals surface area contributed by atoms with Crippen molar-refractivity contribution in [1.29, 1.82) is 0 Å². The molecule has 1 fully saturated rings. The molecule has 0 aromatic rings. The summed E-state index contributed by atoms with van der Waals surface area (Å²) in [5, 5.41) is 10.1. The van der Waals surface area contributed by atoms with Crippen molar-refractivity contribution in [3.63, 3.8) is 0 Å². The van der Waals surface area contributed by atoms with Crippen LogP contribution in [0.4, 0.5) is 0 Å². The zero-order valence-corrected chi connectivity index (χ0v) is 12.2. The molecular weight excluding hydrogens is 260 g/mol. The van der Waals surface area contributed by atoms with Crippen molar-refractivity contribution < 1.29 is 9.90 Å². The molecule has 3 atom stereocenters. The van der Waals surface area contributed by atoms with E-state index in [2.05, 4.69) is 36.5 Å². The Morgan fingerprint density at radius 1 is 1.38 bits per heavy atom. The summed E-state index contributed by atoms with van der Waals surface area (Å²) in [4.78, 5) is 11.2. The van der Waals surface area contributed by atoms with Gasteiger partial charge in [0.2, 0.25) is 0 Å². The molecule has 0 heterocycles. The molecule has 0 saturated heterocycles. The van der Waals surface area contributed by atoms with Crippen molar-refractivity contribution in [2.45, 2.75) is 38.2 Å². The van der Waals surface area contributed by atoms with Crippen molar-refractivity contribution in [1.82, 2.24) is 0 Å². The van der Waals surface area contributed by atoms with Crippen LogP contribution in [0.2, 0.25) is 0 Å². The molecule has 3 aliphatic rings. The van der Waals surface area contributed by atoms with Crippen LogP contribution in [-0.4, -0.2) is 17.0 Å². The Kier molecular flexibility index (Phi) is 4.35. The van der Waals surface area contributed by atoms with E-state index in [1.54, 1.807) is 0 Å². The van der Waals surface area contributed by atoms with Gasteiger partial charge < -0.3 is 5.11 Å². The molecule has 2 unspecified atom stereocenters. The van der Waals surface area contributed by atoms with Gasteiger partial charge in [0.05, 0.1) is 6.10 Å². The molecular formula is C19H22O2. The van der Waals surface area contributed by atoms with Gasteiger partial charge in [0.1, 0.15) is 5.78 Å². The third-order valence-corrected chi connectivity index (χ3v) is 4.49. The number of hydrogen-bond acceptors (Lipinski definition) is 2. The van der Waals surface area contributed by atoms with E-state index in [4.69, 9.17) is 0 Å². The van der Waals surface area contributed by atoms with E-state index in [-0.39, 0.29) is 0 Å². The van der Waals surface area contributed by atoms with Crippen LogP contribution >= 0.6 is 0 Å². The van der Waals surface area contributed by atoms with Gasteiger partial charge in [-0.25, -0.2) is 0 Å². The number of hydrogen-bond donors (Lipinski definition) is 1. The highest BCUT2D eigenvalue weighted by Crippen LogP contribution is 2.30. The van der Waals surface area contributed by atoms with Crippen LogP contribution in [0, 0.1) is 11.8 Å². The number of aliphatic hydroxyl groups excluding tert-OH is 1. The number of Topliss-reactive ketones (excluding diaryl/α,β-unsaturated/α-hetero) is 1. The summed E-state index contributed by atoms with van der Waals surface area (Å²) < 4.78 is 0. The quantitative estimate of drug-likeness (QED) is 0.799. The fraction of sp³-hybridized carbons (Fsp3) is 0.421. The number of rotatable bonds is 4. The summed E-state index contributed by atoms with van der Waals surface area (Å²) in [6, 6.07) is 0. The first-order valence-corrected chi connectivity index (χ1v) is 7.84. The predicted octanol–water partition coefficient (Wildman–Crippen LogP) is 3.66. The van der Waals surface area contributed by atoms with Gasteiger partial charge >= 0.3 is 0 Å². The van der Waals surface area contributed by atoms with Crippen molar-refractivity contribution in [3.8, 4) is 0 Å². The van der Waals surface area contributed by atoms with Crippen molar-refractivity contribution in [2.24, 2.45) is 11.8 Å². The van der Waals surface area contributed by atoms with Gasteiger partial charge in [-0.15, -0.1) is 0 Å². The monoisotopic (exact) mass is 282 g/mol. The molecule has 0 spiro atoms. The normalized spacial score (nSPS) is 29.5. The van der Waals surface area contributed by atoms with E-state index in [1.807, 2.05) is 12.2 Å². The molecule has 0 aromatic carbocycles. The van der Waals surface area contributed by atoms with Gasteiger partial charge in [0.25, 0.3) is 0 Å². The number of fused-ring (bicyclic) bond motifs is 1. The molecule has 21 heavy (non-hydrogen) atoms. The van der Waals surface area contributed by atoms with E-state index in [9.17, 15) is 9.90 Å². The average Bonchev–Trinajstić information content (AvgIpc) is 2.91. The van der Waals surface area contributed by atoms with Crippen LogP contribution in [0.25, 0.3) is 0 Å². The van der Waals surface area contributed by atoms with E-state index in [1.165, 1.54) is 11.1 Å². The highest BCUT2D eigenvalue weighted by Gasteiger charge is 2.20. The lowest BCUT2D eigenvalue weighted by Gasteiger charge is -2.21. The van der Waals surface area contributed by atoms with Crippen LogP contribution in [-0.2, 0) is 4.79 Å². The molecule has 0 amide bonds.